The number of ether oxygens (including phenoxy) is 1. The van der Waals surface area contributed by atoms with Gasteiger partial charge in [-0.3, -0.25) is 4.98 Å². The summed E-state index contributed by atoms with van der Waals surface area (Å²) < 4.78 is 5.43. The van der Waals surface area contributed by atoms with E-state index in [2.05, 4.69) is 26.8 Å². The highest BCUT2D eigenvalue weighted by molar-refractivity contribution is 5.43. The van der Waals surface area contributed by atoms with Crippen molar-refractivity contribution in [1.29, 1.82) is 0 Å². The van der Waals surface area contributed by atoms with E-state index in [1.807, 2.05) is 19.3 Å². The van der Waals surface area contributed by atoms with Gasteiger partial charge in [0, 0.05) is 36.5 Å². The van der Waals surface area contributed by atoms with E-state index < -0.39 is 5.60 Å². The first kappa shape index (κ1) is 18.2. The van der Waals surface area contributed by atoms with E-state index >= 15 is 0 Å². The maximum atomic E-state index is 11.2. The third-order valence-corrected chi connectivity index (χ3v) is 6.38. The fourth-order valence-corrected chi connectivity index (χ4v) is 4.07. The van der Waals surface area contributed by atoms with Crippen LogP contribution in [0.15, 0.2) is 30.9 Å². The van der Waals surface area contributed by atoms with Gasteiger partial charge in [-0.15, -0.1) is 0 Å². The normalized spacial score (nSPS) is 21.6. The molecule has 2 fully saturated rings. The first-order valence-corrected chi connectivity index (χ1v) is 9.72. The van der Waals surface area contributed by atoms with Gasteiger partial charge in [-0.2, -0.15) is 0 Å². The quantitative estimate of drug-likeness (QED) is 0.875. The number of hydrogen-bond donors (Lipinski definition) is 1. The molecule has 0 spiro atoms. The number of hydrogen-bond acceptors (Lipinski definition) is 6. The van der Waals surface area contributed by atoms with E-state index in [1.165, 1.54) is 12.8 Å². The van der Waals surface area contributed by atoms with Crippen molar-refractivity contribution in [1.82, 2.24) is 15.0 Å². The summed E-state index contributed by atoms with van der Waals surface area (Å²) >= 11 is 0. The summed E-state index contributed by atoms with van der Waals surface area (Å²) in [7, 11) is 1.63. The first-order chi connectivity index (χ1) is 12.9. The number of nitrogens with zero attached hydrogens (tertiary/aromatic N) is 4. The molecule has 1 saturated carbocycles. The summed E-state index contributed by atoms with van der Waals surface area (Å²) in [6, 6.07) is 1.80. The fourth-order valence-electron chi connectivity index (χ4n) is 4.07. The Morgan fingerprint density at radius 1 is 1.19 bits per heavy atom. The van der Waals surface area contributed by atoms with Crippen molar-refractivity contribution >= 4 is 5.69 Å². The number of aliphatic hydroxyl groups is 1. The van der Waals surface area contributed by atoms with Crippen molar-refractivity contribution in [2.24, 2.45) is 5.92 Å². The van der Waals surface area contributed by atoms with Gasteiger partial charge >= 0.3 is 0 Å². The van der Waals surface area contributed by atoms with Gasteiger partial charge < -0.3 is 14.7 Å². The zero-order valence-corrected chi connectivity index (χ0v) is 16.4. The average Bonchev–Trinajstić information content (AvgIpc) is 3.47. The van der Waals surface area contributed by atoms with Crippen molar-refractivity contribution in [3.05, 3.63) is 42.2 Å². The minimum atomic E-state index is -0.966. The lowest BCUT2D eigenvalue weighted by atomic mass is 9.77. The van der Waals surface area contributed by atoms with Gasteiger partial charge in [0.25, 0.3) is 0 Å². The second-order valence-corrected chi connectivity index (χ2v) is 8.31. The summed E-state index contributed by atoms with van der Waals surface area (Å²) in [5.41, 5.74) is 1.07. The molecule has 6 nitrogen and oxygen atoms in total. The molecule has 2 aromatic heterocycles. The van der Waals surface area contributed by atoms with Gasteiger partial charge in [-0.05, 0) is 44.6 Å². The van der Waals surface area contributed by atoms with E-state index in [9.17, 15) is 5.11 Å². The van der Waals surface area contributed by atoms with Gasteiger partial charge in [-0.1, -0.05) is 6.92 Å². The monoisotopic (exact) mass is 368 g/mol. The molecule has 27 heavy (non-hydrogen) atoms. The zero-order valence-electron chi connectivity index (χ0n) is 16.4. The molecule has 6 heteroatoms. The lowest BCUT2D eigenvalue weighted by Gasteiger charge is -2.40. The molecule has 1 unspecified atom stereocenters. The van der Waals surface area contributed by atoms with Crippen LogP contribution in [-0.2, 0) is 11.0 Å². The number of piperidine rings is 1. The van der Waals surface area contributed by atoms with E-state index in [4.69, 9.17) is 4.74 Å². The summed E-state index contributed by atoms with van der Waals surface area (Å²) in [4.78, 5) is 15.7. The summed E-state index contributed by atoms with van der Waals surface area (Å²) in [6.45, 7) is 5.86. The molecule has 1 atom stereocenters. The number of methoxy groups -OCH3 is 1. The van der Waals surface area contributed by atoms with Crippen molar-refractivity contribution in [2.45, 2.75) is 50.5 Å². The topological polar surface area (TPSA) is 71.4 Å². The highest BCUT2D eigenvalue weighted by atomic mass is 16.5. The van der Waals surface area contributed by atoms with Crippen LogP contribution in [0, 0.1) is 5.92 Å². The van der Waals surface area contributed by atoms with Crippen LogP contribution in [-0.4, -0.2) is 40.3 Å². The van der Waals surface area contributed by atoms with Crippen LogP contribution < -0.4 is 9.64 Å². The summed E-state index contributed by atoms with van der Waals surface area (Å²) in [5, 5.41) is 11.2. The number of aromatic nitrogens is 3. The third kappa shape index (κ3) is 3.38. The maximum absolute atomic E-state index is 11.2. The number of pyridine rings is 1. The lowest BCUT2D eigenvalue weighted by Crippen LogP contribution is -2.42. The Hall–Kier alpha value is -2.21. The Kier molecular flexibility index (Phi) is 4.54. The van der Waals surface area contributed by atoms with Gasteiger partial charge in [0.1, 0.15) is 11.6 Å². The molecule has 1 aliphatic heterocycles. The molecule has 0 aromatic carbocycles. The SMILES string of the molecule is COc1ccncc1C(C)(O)C1CCN(c2cnc(C3(C)CC3)nc2)CC1. The number of anilines is 1. The number of rotatable bonds is 5. The van der Waals surface area contributed by atoms with E-state index in [0.29, 0.717) is 5.75 Å². The van der Waals surface area contributed by atoms with Crippen LogP contribution in [0.25, 0.3) is 0 Å². The molecule has 4 rings (SSSR count). The largest absolute Gasteiger partial charge is 0.496 e. The molecule has 0 amide bonds. The average molecular weight is 368 g/mol. The fraction of sp³-hybridized carbons (Fsp3) is 0.571. The van der Waals surface area contributed by atoms with E-state index in [1.54, 1.807) is 25.6 Å². The highest BCUT2D eigenvalue weighted by Gasteiger charge is 2.42. The van der Waals surface area contributed by atoms with Gasteiger partial charge in [-0.25, -0.2) is 9.97 Å². The Balaban J connectivity index is 1.44. The predicted octanol–water partition coefficient (Wildman–Crippen LogP) is 3.06. The molecule has 0 radical (unpaired) electrons. The van der Waals surface area contributed by atoms with Gasteiger partial charge in [0.15, 0.2) is 0 Å². The van der Waals surface area contributed by atoms with E-state index in [0.717, 1.165) is 43.0 Å². The molecule has 0 bridgehead atoms. The van der Waals surface area contributed by atoms with Crippen LogP contribution in [0.3, 0.4) is 0 Å². The predicted molar refractivity (Wildman–Crippen MR) is 104 cm³/mol. The second kappa shape index (κ2) is 6.75. The molecule has 2 aromatic rings. The van der Waals surface area contributed by atoms with E-state index in [-0.39, 0.29) is 11.3 Å². The van der Waals surface area contributed by atoms with Crippen LogP contribution in [0.2, 0.25) is 0 Å². The van der Waals surface area contributed by atoms with Crippen molar-refractivity contribution in [2.75, 3.05) is 25.1 Å². The standard InChI is InChI=1S/C21H28N4O2/c1-20(7-8-20)19-23-12-16(13-24-19)25-10-5-15(6-11-25)21(2,26)17-14-22-9-4-18(17)27-3/h4,9,12-15,26H,5-8,10-11H2,1-3H3. The van der Waals surface area contributed by atoms with Gasteiger partial charge in [0.2, 0.25) is 0 Å². The van der Waals surface area contributed by atoms with Crippen LogP contribution >= 0.6 is 0 Å². The second-order valence-electron chi connectivity index (χ2n) is 8.31. The van der Waals surface area contributed by atoms with Crippen LogP contribution in [0.4, 0.5) is 5.69 Å². The summed E-state index contributed by atoms with van der Waals surface area (Å²) in [6.07, 6.45) is 11.5. The Labute approximate surface area is 160 Å². The van der Waals surface area contributed by atoms with Crippen molar-refractivity contribution in [3.8, 4) is 5.75 Å². The molecular formula is C21H28N4O2. The Morgan fingerprint density at radius 3 is 2.44 bits per heavy atom. The minimum absolute atomic E-state index is 0.150. The summed E-state index contributed by atoms with van der Waals surface area (Å²) in [5.74, 6) is 1.81. The Bertz CT molecular complexity index is 794. The third-order valence-electron chi connectivity index (χ3n) is 6.38. The minimum Gasteiger partial charge on any atom is -0.496 e. The molecule has 3 heterocycles. The molecule has 1 aliphatic carbocycles. The molecule has 1 N–H and O–H groups in total. The molecule has 2 aliphatic rings. The molecule has 144 valence electrons. The smallest absolute Gasteiger partial charge is 0.134 e. The molecular weight excluding hydrogens is 340 g/mol. The van der Waals surface area contributed by atoms with Gasteiger partial charge in [0.05, 0.1) is 30.8 Å². The van der Waals surface area contributed by atoms with Crippen LogP contribution in [0.1, 0.15) is 50.9 Å². The first-order valence-electron chi connectivity index (χ1n) is 9.72. The van der Waals surface area contributed by atoms with Crippen molar-refractivity contribution in [3.63, 3.8) is 0 Å². The lowest BCUT2D eigenvalue weighted by molar-refractivity contribution is -0.0182. The van der Waals surface area contributed by atoms with Crippen LogP contribution in [0.5, 0.6) is 5.75 Å². The maximum Gasteiger partial charge on any atom is 0.134 e. The zero-order chi connectivity index (χ0) is 19.1. The molecule has 1 saturated heterocycles. The Morgan fingerprint density at radius 2 is 1.85 bits per heavy atom. The van der Waals surface area contributed by atoms with Crippen molar-refractivity contribution < 1.29 is 9.84 Å². The highest BCUT2D eigenvalue weighted by Crippen LogP contribution is 2.46.